The number of hydrogen-bond acceptors (Lipinski definition) is 5. The summed E-state index contributed by atoms with van der Waals surface area (Å²) in [6, 6.07) is 1.76. The van der Waals surface area contributed by atoms with E-state index in [1.54, 1.807) is 29.5 Å². The maximum atomic E-state index is 14.1. The second-order valence-electron chi connectivity index (χ2n) is 8.23. The number of benzene rings is 1. The Morgan fingerprint density at radius 2 is 1.83 bits per heavy atom. The van der Waals surface area contributed by atoms with E-state index in [0.717, 1.165) is 6.07 Å². The van der Waals surface area contributed by atoms with Gasteiger partial charge in [-0.15, -0.1) is 0 Å². The first-order valence-corrected chi connectivity index (χ1v) is 13.5. The van der Waals surface area contributed by atoms with Crippen LogP contribution in [0.5, 0.6) is 0 Å². The van der Waals surface area contributed by atoms with Crippen LogP contribution >= 0.6 is 22.6 Å². The van der Waals surface area contributed by atoms with Crippen LogP contribution in [0.15, 0.2) is 12.1 Å². The van der Waals surface area contributed by atoms with Crippen LogP contribution in [0.3, 0.4) is 0 Å². The van der Waals surface area contributed by atoms with E-state index in [4.69, 9.17) is 9.16 Å². The van der Waals surface area contributed by atoms with Gasteiger partial charge in [0.1, 0.15) is 17.6 Å². The number of nitrogens with one attached hydrogen (secondary N) is 1. The normalized spacial score (nSPS) is 13.3. The first kappa shape index (κ1) is 26.1. The third-order valence-electron chi connectivity index (χ3n) is 5.06. The molecule has 0 heterocycles. The molecule has 0 aliphatic heterocycles. The Balaban J connectivity index is 2.81. The van der Waals surface area contributed by atoms with Crippen molar-refractivity contribution >= 4 is 42.7 Å². The average molecular weight is 541 g/mol. The molecule has 0 spiro atoms. The van der Waals surface area contributed by atoms with E-state index < -0.39 is 37.6 Å². The molecule has 0 aliphatic carbocycles. The van der Waals surface area contributed by atoms with Crippen LogP contribution in [-0.4, -0.2) is 46.4 Å². The van der Waals surface area contributed by atoms with E-state index in [-0.39, 0.29) is 27.3 Å². The standard InChI is InChI=1S/C20H30F2INO4Si/c1-7-27-19(26)14(12-24-8-9-28-29(5,6)20(2,3)4)18(25)13-10-17(23)16(22)11-15(13)21/h10-11,14,24H,7-9,12H2,1-6H3. The molecule has 0 amide bonds. The molecule has 1 rings (SSSR count). The van der Waals surface area contributed by atoms with Gasteiger partial charge in [0, 0.05) is 29.3 Å². The molecule has 0 aromatic heterocycles. The van der Waals surface area contributed by atoms with Crippen molar-refractivity contribution in [2.75, 3.05) is 26.3 Å². The van der Waals surface area contributed by atoms with Gasteiger partial charge in [-0.2, -0.15) is 0 Å². The van der Waals surface area contributed by atoms with Gasteiger partial charge in [0.2, 0.25) is 0 Å². The lowest BCUT2D eigenvalue weighted by atomic mass is 9.97. The first-order valence-electron chi connectivity index (χ1n) is 9.52. The van der Waals surface area contributed by atoms with Gasteiger partial charge in [-0.1, -0.05) is 20.8 Å². The lowest BCUT2D eigenvalue weighted by Crippen LogP contribution is -2.43. The second-order valence-corrected chi connectivity index (χ2v) is 14.2. The Kier molecular flexibility index (Phi) is 9.84. The molecule has 1 aromatic carbocycles. The number of carbonyl (C=O) groups excluding carboxylic acids is 2. The van der Waals surface area contributed by atoms with Crippen LogP contribution in [0.2, 0.25) is 18.1 Å². The molecule has 0 radical (unpaired) electrons. The molecule has 1 unspecified atom stereocenters. The Bertz CT molecular complexity index is 738. The van der Waals surface area contributed by atoms with Gasteiger partial charge in [0.15, 0.2) is 14.1 Å². The van der Waals surface area contributed by atoms with Gasteiger partial charge in [0.25, 0.3) is 0 Å². The van der Waals surface area contributed by atoms with Crippen LogP contribution in [0.1, 0.15) is 38.1 Å². The lowest BCUT2D eigenvalue weighted by Gasteiger charge is -2.36. The van der Waals surface area contributed by atoms with Crippen molar-refractivity contribution < 1.29 is 27.5 Å². The van der Waals surface area contributed by atoms with Crippen LogP contribution in [0.25, 0.3) is 0 Å². The number of ether oxygens (including phenoxy) is 1. The van der Waals surface area contributed by atoms with E-state index in [2.05, 4.69) is 39.2 Å². The summed E-state index contributed by atoms with van der Waals surface area (Å²) in [5.74, 6) is -4.46. The van der Waals surface area contributed by atoms with Crippen molar-refractivity contribution in [3.63, 3.8) is 0 Å². The van der Waals surface area contributed by atoms with Gasteiger partial charge < -0.3 is 14.5 Å². The summed E-state index contributed by atoms with van der Waals surface area (Å²) in [6.45, 7) is 13.3. The predicted molar refractivity (Wildman–Crippen MR) is 120 cm³/mol. The maximum Gasteiger partial charge on any atom is 0.318 e. The van der Waals surface area contributed by atoms with Gasteiger partial charge in [0.05, 0.1) is 12.2 Å². The summed E-state index contributed by atoms with van der Waals surface area (Å²) >= 11 is 1.67. The van der Waals surface area contributed by atoms with Gasteiger partial charge >= 0.3 is 5.97 Å². The van der Waals surface area contributed by atoms with Crippen molar-refractivity contribution in [1.82, 2.24) is 5.32 Å². The minimum Gasteiger partial charge on any atom is -0.465 e. The number of carbonyl (C=O) groups is 2. The summed E-state index contributed by atoms with van der Waals surface area (Å²) in [4.78, 5) is 25.0. The van der Waals surface area contributed by atoms with Crippen LogP contribution in [0, 0.1) is 21.1 Å². The number of esters is 1. The summed E-state index contributed by atoms with van der Waals surface area (Å²) in [5, 5.41) is 3.10. The second kappa shape index (κ2) is 10.9. The van der Waals surface area contributed by atoms with E-state index in [9.17, 15) is 18.4 Å². The molecule has 0 aliphatic rings. The zero-order chi connectivity index (χ0) is 22.4. The summed E-state index contributed by atoms with van der Waals surface area (Å²) in [5.41, 5.74) is -0.326. The van der Waals surface area contributed by atoms with Crippen molar-refractivity contribution in [2.24, 2.45) is 5.92 Å². The van der Waals surface area contributed by atoms with Crippen molar-refractivity contribution in [2.45, 2.75) is 45.8 Å². The number of rotatable bonds is 10. The molecule has 0 fully saturated rings. The highest BCUT2D eigenvalue weighted by molar-refractivity contribution is 14.1. The SMILES string of the molecule is CCOC(=O)C(CNCCO[Si](C)(C)C(C)(C)C)C(=O)c1cc(I)c(F)cc1F. The molecule has 1 atom stereocenters. The summed E-state index contributed by atoms with van der Waals surface area (Å²) < 4.78 is 38.7. The molecule has 1 aromatic rings. The number of Topliss-reactive ketones (excluding diaryl/α,β-unsaturated/α-hetero) is 1. The Morgan fingerprint density at radius 1 is 1.21 bits per heavy atom. The molecule has 0 saturated carbocycles. The summed E-state index contributed by atoms with van der Waals surface area (Å²) in [7, 11) is -1.89. The zero-order valence-electron chi connectivity index (χ0n) is 17.8. The quantitative estimate of drug-likeness (QED) is 0.0897. The maximum absolute atomic E-state index is 14.1. The first-order chi connectivity index (χ1) is 13.3. The van der Waals surface area contributed by atoms with E-state index in [1.807, 2.05) is 0 Å². The molecule has 0 saturated heterocycles. The third-order valence-corrected chi connectivity index (χ3v) is 10.4. The highest BCUT2D eigenvalue weighted by Gasteiger charge is 2.37. The monoisotopic (exact) mass is 541 g/mol. The molecule has 9 heteroatoms. The molecular weight excluding hydrogens is 511 g/mol. The van der Waals surface area contributed by atoms with E-state index in [0.29, 0.717) is 19.2 Å². The Morgan fingerprint density at radius 3 is 2.38 bits per heavy atom. The van der Waals surface area contributed by atoms with Crippen molar-refractivity contribution in [3.05, 3.63) is 32.9 Å². The van der Waals surface area contributed by atoms with Gasteiger partial charge in [-0.3, -0.25) is 9.59 Å². The largest absolute Gasteiger partial charge is 0.465 e. The average Bonchev–Trinajstić information content (AvgIpc) is 2.59. The van der Waals surface area contributed by atoms with E-state index >= 15 is 0 Å². The van der Waals surface area contributed by atoms with Crippen LogP contribution in [0.4, 0.5) is 8.78 Å². The third kappa shape index (κ3) is 7.37. The fourth-order valence-corrected chi connectivity index (χ4v) is 3.78. The Hall–Kier alpha value is -0.913. The predicted octanol–water partition coefficient (Wildman–Crippen LogP) is 4.54. The highest BCUT2D eigenvalue weighted by Crippen LogP contribution is 2.36. The smallest absolute Gasteiger partial charge is 0.318 e. The van der Waals surface area contributed by atoms with Gasteiger partial charge in [-0.05, 0) is 53.7 Å². The number of halogens is 3. The van der Waals surface area contributed by atoms with Crippen LogP contribution in [-0.2, 0) is 14.0 Å². The number of ketones is 1. The van der Waals surface area contributed by atoms with E-state index in [1.165, 1.54) is 0 Å². The zero-order valence-corrected chi connectivity index (χ0v) is 21.0. The molecule has 29 heavy (non-hydrogen) atoms. The fraction of sp³-hybridized carbons (Fsp3) is 0.600. The summed E-state index contributed by atoms with van der Waals surface area (Å²) in [6.07, 6.45) is 0. The van der Waals surface area contributed by atoms with Gasteiger partial charge in [-0.25, -0.2) is 8.78 Å². The highest BCUT2D eigenvalue weighted by atomic mass is 127. The molecule has 0 bridgehead atoms. The molecule has 164 valence electrons. The minimum absolute atomic E-state index is 0.0219. The topological polar surface area (TPSA) is 64.6 Å². The number of hydrogen-bond donors (Lipinski definition) is 1. The van der Waals surface area contributed by atoms with Crippen LogP contribution < -0.4 is 5.32 Å². The molecule has 5 nitrogen and oxygen atoms in total. The van der Waals surface area contributed by atoms with Crippen molar-refractivity contribution in [1.29, 1.82) is 0 Å². The lowest BCUT2D eigenvalue weighted by molar-refractivity contribution is -0.146. The van der Waals surface area contributed by atoms with Crippen molar-refractivity contribution in [3.8, 4) is 0 Å². The molecule has 1 N–H and O–H groups in total. The minimum atomic E-state index is -1.89. The fourth-order valence-electron chi connectivity index (χ4n) is 2.27. The Labute approximate surface area is 186 Å². The molecular formula is C20H30F2INO4Si.